The average molecular weight is 303 g/mol. The zero-order chi connectivity index (χ0) is 15.3. The van der Waals surface area contributed by atoms with Crippen LogP contribution in [-0.2, 0) is 11.6 Å². The van der Waals surface area contributed by atoms with Crippen LogP contribution in [0.4, 0.5) is 17.6 Å². The fraction of sp³-hybridized carbons (Fsp3) is 0.600. The molecule has 1 heterocycles. The van der Waals surface area contributed by atoms with E-state index in [4.69, 9.17) is 5.11 Å². The van der Waals surface area contributed by atoms with Crippen molar-refractivity contribution >= 4 is 0 Å². The molecule has 0 bridgehead atoms. The Hall–Kier alpha value is -1.14. The van der Waals surface area contributed by atoms with Gasteiger partial charge in [0.15, 0.2) is 0 Å². The van der Waals surface area contributed by atoms with E-state index in [2.05, 4.69) is 4.90 Å². The van der Waals surface area contributed by atoms with Crippen molar-refractivity contribution in [1.82, 2.24) is 4.90 Å². The minimum atomic E-state index is -4.51. The first kappa shape index (κ1) is 14.8. The molecule has 1 aromatic carbocycles. The second kappa shape index (κ2) is 4.95. The third kappa shape index (κ3) is 2.55. The van der Waals surface area contributed by atoms with Crippen LogP contribution in [0.1, 0.15) is 24.0 Å². The highest BCUT2D eigenvalue weighted by atomic mass is 19.4. The van der Waals surface area contributed by atoms with Gasteiger partial charge >= 0.3 is 6.18 Å². The monoisotopic (exact) mass is 303 g/mol. The lowest BCUT2D eigenvalue weighted by molar-refractivity contribution is -0.137. The van der Waals surface area contributed by atoms with Crippen LogP contribution in [0.5, 0.6) is 0 Å². The number of aliphatic hydroxyl groups excluding tert-OH is 1. The maximum atomic E-state index is 14.1. The van der Waals surface area contributed by atoms with Crippen LogP contribution in [0.25, 0.3) is 0 Å². The van der Waals surface area contributed by atoms with E-state index in [1.807, 2.05) is 0 Å². The summed E-state index contributed by atoms with van der Waals surface area (Å²) in [6, 6.07) is 2.88. The summed E-state index contributed by atoms with van der Waals surface area (Å²) in [5.41, 5.74) is -0.844. The summed E-state index contributed by atoms with van der Waals surface area (Å²) in [5.74, 6) is -0.432. The van der Waals surface area contributed by atoms with Gasteiger partial charge in [-0.2, -0.15) is 13.2 Å². The van der Waals surface area contributed by atoms with Gasteiger partial charge in [0.2, 0.25) is 0 Å². The van der Waals surface area contributed by atoms with Gasteiger partial charge in [0.05, 0.1) is 5.56 Å². The van der Waals surface area contributed by atoms with E-state index in [0.717, 1.165) is 25.6 Å². The normalized spacial score (nSPS) is 28.7. The van der Waals surface area contributed by atoms with Gasteiger partial charge in [-0.25, -0.2) is 4.39 Å². The molecule has 6 heteroatoms. The van der Waals surface area contributed by atoms with Gasteiger partial charge in [0.1, 0.15) is 5.82 Å². The van der Waals surface area contributed by atoms with E-state index in [0.29, 0.717) is 30.5 Å². The van der Waals surface area contributed by atoms with E-state index in [9.17, 15) is 17.6 Å². The predicted octanol–water partition coefficient (Wildman–Crippen LogP) is 2.80. The van der Waals surface area contributed by atoms with Gasteiger partial charge in [0.25, 0.3) is 0 Å². The van der Waals surface area contributed by atoms with E-state index in [1.165, 1.54) is 6.07 Å². The Morgan fingerprint density at radius 3 is 2.71 bits per heavy atom. The zero-order valence-corrected chi connectivity index (χ0v) is 11.5. The molecule has 2 atom stereocenters. The van der Waals surface area contributed by atoms with Crippen molar-refractivity contribution in [1.29, 1.82) is 0 Å². The topological polar surface area (TPSA) is 23.5 Å². The quantitative estimate of drug-likeness (QED) is 0.865. The summed E-state index contributed by atoms with van der Waals surface area (Å²) in [6.07, 6.45) is -3.01. The van der Waals surface area contributed by atoms with Crippen LogP contribution in [0.15, 0.2) is 18.2 Å². The molecule has 3 rings (SSSR count). The first-order valence-corrected chi connectivity index (χ1v) is 7.07. The number of rotatable bonds is 4. The second-order valence-corrected chi connectivity index (χ2v) is 6.06. The number of piperidine rings is 1. The first-order valence-electron chi connectivity index (χ1n) is 7.07. The Balaban J connectivity index is 1.79. The first-order chi connectivity index (χ1) is 9.87. The molecule has 0 amide bonds. The summed E-state index contributed by atoms with van der Waals surface area (Å²) >= 11 is 0. The van der Waals surface area contributed by atoms with Crippen molar-refractivity contribution in [3.8, 4) is 0 Å². The lowest BCUT2D eigenvalue weighted by Crippen LogP contribution is -2.28. The molecule has 21 heavy (non-hydrogen) atoms. The average Bonchev–Trinajstić information content (AvgIpc) is 2.98. The van der Waals surface area contributed by atoms with Crippen LogP contribution in [0, 0.1) is 11.7 Å². The van der Waals surface area contributed by atoms with Gasteiger partial charge in [-0.15, -0.1) is 0 Å². The summed E-state index contributed by atoms with van der Waals surface area (Å²) < 4.78 is 51.9. The summed E-state index contributed by atoms with van der Waals surface area (Å²) in [5, 5.41) is 8.84. The van der Waals surface area contributed by atoms with E-state index < -0.39 is 17.6 Å². The Morgan fingerprint density at radius 1 is 1.33 bits per heavy atom. The molecule has 1 aliphatic heterocycles. The molecule has 116 valence electrons. The standard InChI is InChI=1S/C15H17F4NO/c16-13-6-10(15(17,18)19)2-3-12(13)14-7-11(14)8-20(9-14)4-1-5-21/h2-3,6,11,21H,1,4-5,7-9H2/t11-,14-/m0/s1. The van der Waals surface area contributed by atoms with E-state index >= 15 is 0 Å². The summed E-state index contributed by atoms with van der Waals surface area (Å²) in [7, 11) is 0. The Morgan fingerprint density at radius 2 is 2.10 bits per heavy atom. The number of fused-ring (bicyclic) bond motifs is 1. The minimum Gasteiger partial charge on any atom is -0.396 e. The highest BCUT2D eigenvalue weighted by molar-refractivity contribution is 5.40. The molecule has 0 aromatic heterocycles. The lowest BCUT2D eigenvalue weighted by atomic mass is 9.93. The number of benzene rings is 1. The van der Waals surface area contributed by atoms with Crippen molar-refractivity contribution in [2.45, 2.75) is 24.4 Å². The van der Waals surface area contributed by atoms with E-state index in [1.54, 1.807) is 0 Å². The summed E-state index contributed by atoms with van der Waals surface area (Å²) in [4.78, 5) is 2.15. The molecule has 1 N–H and O–H groups in total. The minimum absolute atomic E-state index is 0.114. The highest BCUT2D eigenvalue weighted by Gasteiger charge is 2.61. The van der Waals surface area contributed by atoms with Crippen molar-refractivity contribution < 1.29 is 22.7 Å². The Kier molecular flexibility index (Phi) is 3.48. The van der Waals surface area contributed by atoms with Crippen LogP contribution in [-0.4, -0.2) is 36.2 Å². The molecular formula is C15H17F4NO. The number of halogens is 4. The number of likely N-dealkylation sites (tertiary alicyclic amines) is 1. The van der Waals surface area contributed by atoms with Gasteiger partial charge in [-0.3, -0.25) is 0 Å². The molecule has 0 spiro atoms. The van der Waals surface area contributed by atoms with Gasteiger partial charge in [-0.05, 0) is 36.5 Å². The number of nitrogens with zero attached hydrogens (tertiary/aromatic N) is 1. The number of aliphatic hydroxyl groups is 1. The van der Waals surface area contributed by atoms with Crippen LogP contribution in [0.2, 0.25) is 0 Å². The van der Waals surface area contributed by atoms with Crippen molar-refractivity contribution in [2.75, 3.05) is 26.2 Å². The molecule has 0 radical (unpaired) electrons. The fourth-order valence-corrected chi connectivity index (χ4v) is 3.56. The SMILES string of the molecule is OCCCN1C[C@@H]2C[C@]2(c2ccc(C(F)(F)F)cc2F)C1. The maximum Gasteiger partial charge on any atom is 0.416 e. The largest absolute Gasteiger partial charge is 0.416 e. The molecule has 0 unspecified atom stereocenters. The highest BCUT2D eigenvalue weighted by Crippen LogP contribution is 2.59. The molecule has 1 aromatic rings. The van der Waals surface area contributed by atoms with Crippen LogP contribution < -0.4 is 0 Å². The smallest absolute Gasteiger partial charge is 0.396 e. The zero-order valence-electron chi connectivity index (χ0n) is 11.5. The summed E-state index contributed by atoms with van der Waals surface area (Å²) in [6.45, 7) is 2.36. The number of alkyl halides is 3. The molecule has 1 aliphatic carbocycles. The third-order valence-corrected chi connectivity index (χ3v) is 4.68. The van der Waals surface area contributed by atoms with E-state index in [-0.39, 0.29) is 12.0 Å². The van der Waals surface area contributed by atoms with Crippen molar-refractivity contribution in [2.24, 2.45) is 5.92 Å². The van der Waals surface area contributed by atoms with Gasteiger partial charge in [0, 0.05) is 31.7 Å². The number of hydrogen-bond acceptors (Lipinski definition) is 2. The molecule has 2 fully saturated rings. The molecule has 1 saturated carbocycles. The van der Waals surface area contributed by atoms with Gasteiger partial charge in [-0.1, -0.05) is 6.07 Å². The van der Waals surface area contributed by atoms with Gasteiger partial charge < -0.3 is 10.0 Å². The fourth-order valence-electron chi connectivity index (χ4n) is 3.56. The van der Waals surface area contributed by atoms with Crippen molar-refractivity contribution in [3.05, 3.63) is 35.1 Å². The Labute approximate surface area is 120 Å². The molecular weight excluding hydrogens is 286 g/mol. The number of hydrogen-bond donors (Lipinski definition) is 1. The van der Waals surface area contributed by atoms with Crippen LogP contribution >= 0.6 is 0 Å². The molecule has 2 nitrogen and oxygen atoms in total. The predicted molar refractivity (Wildman–Crippen MR) is 69.3 cm³/mol. The maximum absolute atomic E-state index is 14.1. The molecule has 2 aliphatic rings. The Bertz CT molecular complexity index is 545. The third-order valence-electron chi connectivity index (χ3n) is 4.68. The lowest BCUT2D eigenvalue weighted by Gasteiger charge is -2.21. The molecule has 1 saturated heterocycles. The second-order valence-electron chi connectivity index (χ2n) is 6.06. The van der Waals surface area contributed by atoms with Crippen molar-refractivity contribution in [3.63, 3.8) is 0 Å². The van der Waals surface area contributed by atoms with Crippen LogP contribution in [0.3, 0.4) is 0 Å².